The smallest absolute Gasteiger partial charge is 0.332 e. The number of benzene rings is 1. The minimum atomic E-state index is -0.365. The molecule has 0 saturated heterocycles. The van der Waals surface area contributed by atoms with Gasteiger partial charge >= 0.3 is 5.97 Å². The Balaban J connectivity index is 1.59. The molecule has 0 N–H and O–H groups in total. The second-order valence-corrected chi connectivity index (χ2v) is 6.60. The average Bonchev–Trinajstić information content (AvgIpc) is 2.68. The van der Waals surface area contributed by atoms with Crippen molar-refractivity contribution in [3.63, 3.8) is 0 Å². The molecular weight excluding hydrogens is 352 g/mol. The highest BCUT2D eigenvalue weighted by atomic mass is 32.2. The van der Waals surface area contributed by atoms with Gasteiger partial charge in [-0.05, 0) is 18.2 Å². The number of hydrogen-bond donors (Lipinski definition) is 0. The molecule has 0 atom stereocenters. The fourth-order valence-corrected chi connectivity index (χ4v) is 3.43. The summed E-state index contributed by atoms with van der Waals surface area (Å²) in [5.41, 5.74) is 1.78. The second kappa shape index (κ2) is 9.47. The first-order valence-electron chi connectivity index (χ1n) is 8.27. The number of rotatable bonds is 9. The van der Waals surface area contributed by atoms with Gasteiger partial charge in [-0.25, -0.2) is 4.79 Å². The molecule has 26 heavy (non-hydrogen) atoms. The fourth-order valence-electron chi connectivity index (χ4n) is 2.51. The Morgan fingerprint density at radius 1 is 1.08 bits per heavy atom. The van der Waals surface area contributed by atoms with E-state index in [4.69, 9.17) is 14.2 Å². The zero-order chi connectivity index (χ0) is 18.2. The highest BCUT2D eigenvalue weighted by Crippen LogP contribution is 2.32. The van der Waals surface area contributed by atoms with Crippen LogP contribution < -0.4 is 0 Å². The number of carbonyl (C=O) groups is 1. The summed E-state index contributed by atoms with van der Waals surface area (Å²) in [6.45, 7) is 1.11. The van der Waals surface area contributed by atoms with Crippen molar-refractivity contribution in [3.05, 3.63) is 42.7 Å². The number of thioether (sulfide) groups is 1. The van der Waals surface area contributed by atoms with Crippen LogP contribution in [0.1, 0.15) is 0 Å². The lowest BCUT2D eigenvalue weighted by atomic mass is 10.1. The normalized spacial score (nSPS) is 11.1. The molecular formula is C19H20N2O4S. The van der Waals surface area contributed by atoms with Gasteiger partial charge in [0.15, 0.2) is 0 Å². The summed E-state index contributed by atoms with van der Waals surface area (Å²) in [5.74, 6) is 0.287. The molecule has 136 valence electrons. The summed E-state index contributed by atoms with van der Waals surface area (Å²) in [4.78, 5) is 21.6. The Hall–Kier alpha value is -2.22. The van der Waals surface area contributed by atoms with Gasteiger partial charge in [0.2, 0.25) is 0 Å². The van der Waals surface area contributed by atoms with Gasteiger partial charge in [-0.1, -0.05) is 12.1 Å². The van der Waals surface area contributed by atoms with E-state index in [1.54, 1.807) is 31.3 Å². The lowest BCUT2D eigenvalue weighted by Crippen LogP contribution is -2.16. The largest absolute Gasteiger partial charge is 0.463 e. The monoisotopic (exact) mass is 372 g/mol. The molecule has 0 aliphatic rings. The number of nitrogens with zero attached hydrogens (tertiary/aromatic N) is 2. The number of methoxy groups -OCH3 is 1. The molecule has 7 heteroatoms. The molecule has 0 aliphatic heterocycles. The van der Waals surface area contributed by atoms with E-state index < -0.39 is 0 Å². The van der Waals surface area contributed by atoms with Crippen molar-refractivity contribution in [3.8, 4) is 0 Å². The molecule has 0 amide bonds. The van der Waals surface area contributed by atoms with Crippen LogP contribution in [0.3, 0.4) is 0 Å². The van der Waals surface area contributed by atoms with E-state index in [2.05, 4.69) is 16.0 Å². The maximum absolute atomic E-state index is 11.6. The van der Waals surface area contributed by atoms with Crippen molar-refractivity contribution < 1.29 is 19.0 Å². The molecule has 2 aromatic heterocycles. The van der Waals surface area contributed by atoms with E-state index >= 15 is 0 Å². The molecule has 0 saturated carbocycles. The number of ether oxygens (including phenoxy) is 3. The highest BCUT2D eigenvalue weighted by molar-refractivity contribution is 7.99. The van der Waals surface area contributed by atoms with E-state index in [0.29, 0.717) is 25.6 Å². The third kappa shape index (κ3) is 4.69. The Kier molecular flexibility index (Phi) is 6.76. The van der Waals surface area contributed by atoms with Crippen molar-refractivity contribution in [1.29, 1.82) is 0 Å². The van der Waals surface area contributed by atoms with Crippen molar-refractivity contribution >= 4 is 39.5 Å². The van der Waals surface area contributed by atoms with Crippen LogP contribution >= 0.6 is 11.8 Å². The number of hydrogen-bond acceptors (Lipinski definition) is 7. The van der Waals surface area contributed by atoms with Crippen molar-refractivity contribution in [2.45, 2.75) is 4.90 Å². The van der Waals surface area contributed by atoms with Gasteiger partial charge in [0.05, 0.1) is 24.2 Å². The fraction of sp³-hybridized carbons (Fsp3) is 0.316. The van der Waals surface area contributed by atoms with Gasteiger partial charge in [-0.15, -0.1) is 11.8 Å². The molecule has 0 aliphatic carbocycles. The Morgan fingerprint density at radius 3 is 2.73 bits per heavy atom. The Labute approximate surface area is 155 Å². The van der Waals surface area contributed by atoms with Gasteiger partial charge in [0.1, 0.15) is 13.2 Å². The quantitative estimate of drug-likeness (QED) is 0.247. The zero-order valence-corrected chi connectivity index (χ0v) is 15.3. The van der Waals surface area contributed by atoms with Crippen LogP contribution in [-0.4, -0.2) is 55.2 Å². The molecule has 0 spiro atoms. The van der Waals surface area contributed by atoms with E-state index in [-0.39, 0.29) is 12.6 Å². The molecule has 2 heterocycles. The lowest BCUT2D eigenvalue weighted by molar-refractivity contribution is -0.148. The van der Waals surface area contributed by atoms with E-state index in [9.17, 15) is 4.79 Å². The van der Waals surface area contributed by atoms with Crippen molar-refractivity contribution in [2.24, 2.45) is 0 Å². The van der Waals surface area contributed by atoms with Gasteiger partial charge in [0.25, 0.3) is 0 Å². The first kappa shape index (κ1) is 18.6. The SMILES string of the molecule is COCCOCC(=O)OCCSc1cc2cccnc2c2ncccc12. The Bertz CT molecular complexity index is 888. The second-order valence-electron chi connectivity index (χ2n) is 5.46. The number of fused-ring (bicyclic) bond motifs is 3. The van der Waals surface area contributed by atoms with Crippen LogP contribution in [0, 0.1) is 0 Å². The average molecular weight is 372 g/mol. The zero-order valence-electron chi connectivity index (χ0n) is 14.5. The Morgan fingerprint density at radius 2 is 1.88 bits per heavy atom. The highest BCUT2D eigenvalue weighted by Gasteiger charge is 2.09. The number of pyridine rings is 2. The van der Waals surface area contributed by atoms with Crippen LogP contribution in [0.15, 0.2) is 47.6 Å². The minimum absolute atomic E-state index is 0.0531. The molecule has 3 rings (SSSR count). The summed E-state index contributed by atoms with van der Waals surface area (Å²) in [5, 5.41) is 2.10. The summed E-state index contributed by atoms with van der Waals surface area (Å²) < 4.78 is 15.2. The van der Waals surface area contributed by atoms with Crippen molar-refractivity contribution in [2.75, 3.05) is 39.3 Å². The summed E-state index contributed by atoms with van der Waals surface area (Å²) in [6, 6.07) is 9.99. The third-order valence-corrected chi connectivity index (χ3v) is 4.70. The van der Waals surface area contributed by atoms with Gasteiger partial charge in [0, 0.05) is 40.9 Å². The third-order valence-electron chi connectivity index (χ3n) is 3.68. The predicted octanol–water partition coefficient (Wildman–Crippen LogP) is 3.08. The van der Waals surface area contributed by atoms with E-state index in [1.165, 1.54) is 0 Å². The van der Waals surface area contributed by atoms with Gasteiger partial charge in [-0.3, -0.25) is 9.97 Å². The predicted molar refractivity (Wildman–Crippen MR) is 101 cm³/mol. The number of esters is 1. The molecule has 0 fully saturated rings. The van der Waals surface area contributed by atoms with Crippen molar-refractivity contribution in [1.82, 2.24) is 9.97 Å². The molecule has 3 aromatic rings. The topological polar surface area (TPSA) is 70.5 Å². The molecule has 0 radical (unpaired) electrons. The standard InChI is InChI=1S/C19H20N2O4S/c1-23-8-9-24-13-17(22)25-10-11-26-16-12-14-4-2-6-20-18(14)19-15(16)5-3-7-21-19/h2-7,12H,8-11,13H2,1H3. The summed E-state index contributed by atoms with van der Waals surface area (Å²) >= 11 is 1.63. The van der Waals surface area contributed by atoms with Crippen LogP contribution in [0.25, 0.3) is 21.8 Å². The summed E-state index contributed by atoms with van der Waals surface area (Å²) in [6.07, 6.45) is 3.55. The van der Waals surface area contributed by atoms with E-state index in [0.717, 1.165) is 26.7 Å². The minimum Gasteiger partial charge on any atom is -0.463 e. The number of carbonyl (C=O) groups excluding carboxylic acids is 1. The maximum atomic E-state index is 11.6. The first-order chi connectivity index (χ1) is 12.8. The van der Waals surface area contributed by atoms with Crippen LogP contribution in [0.2, 0.25) is 0 Å². The van der Waals surface area contributed by atoms with E-state index in [1.807, 2.05) is 24.3 Å². The first-order valence-corrected chi connectivity index (χ1v) is 9.25. The van der Waals surface area contributed by atoms with Crippen LogP contribution in [0.4, 0.5) is 0 Å². The molecule has 0 bridgehead atoms. The van der Waals surface area contributed by atoms with Crippen LogP contribution in [0.5, 0.6) is 0 Å². The molecule has 1 aromatic carbocycles. The maximum Gasteiger partial charge on any atom is 0.332 e. The molecule has 0 unspecified atom stereocenters. The number of aromatic nitrogens is 2. The lowest BCUT2D eigenvalue weighted by Gasteiger charge is -2.09. The van der Waals surface area contributed by atoms with Crippen LogP contribution in [-0.2, 0) is 19.0 Å². The van der Waals surface area contributed by atoms with Gasteiger partial charge in [-0.2, -0.15) is 0 Å². The van der Waals surface area contributed by atoms with Gasteiger partial charge < -0.3 is 14.2 Å². The summed E-state index contributed by atoms with van der Waals surface area (Å²) in [7, 11) is 1.58. The molecule has 6 nitrogen and oxygen atoms in total.